The predicted molar refractivity (Wildman–Crippen MR) is 125 cm³/mol. The van der Waals surface area contributed by atoms with E-state index in [9.17, 15) is 19.5 Å². The van der Waals surface area contributed by atoms with E-state index in [-0.39, 0.29) is 43.3 Å². The molecule has 2 bridgehead atoms. The Morgan fingerprint density at radius 2 is 1.89 bits per heavy atom. The molecule has 1 spiro atoms. The number of halogens is 2. The van der Waals surface area contributed by atoms with E-state index >= 15 is 0 Å². The number of likely N-dealkylation sites (tertiary alicyclic amines) is 1. The lowest BCUT2D eigenvalue weighted by atomic mass is 9.49. The van der Waals surface area contributed by atoms with Gasteiger partial charge in [0.15, 0.2) is 23.4 Å². The topological polar surface area (TPSA) is 112 Å². The standard InChI is InChI=1S/C24H27Cl2NO8/c25-8-1-11-32-21(29)27-10-7-23-18-14-3-4-16(34-22(30)33-12-2-9-26)19(18)35-20(23)15(28)5-6-24(23,31)17(27)13-14/h3-4,17,20,31H,1-2,5-13H2/t17-,20+,23?,24?/m1/s1. The number of ketones is 1. The molecule has 4 atom stereocenters. The van der Waals surface area contributed by atoms with Gasteiger partial charge in [0, 0.05) is 30.3 Å². The van der Waals surface area contributed by atoms with Crippen LogP contribution in [0.4, 0.5) is 9.59 Å². The summed E-state index contributed by atoms with van der Waals surface area (Å²) in [4.78, 5) is 39.8. The van der Waals surface area contributed by atoms with E-state index in [2.05, 4.69) is 0 Å². The number of carbonyl (C=O) groups excluding carboxylic acids is 3. The van der Waals surface area contributed by atoms with Crippen LogP contribution >= 0.6 is 23.2 Å². The normalized spacial score (nSPS) is 29.8. The third kappa shape index (κ3) is 3.65. The number of rotatable bonds is 7. The van der Waals surface area contributed by atoms with Crippen molar-refractivity contribution >= 4 is 41.2 Å². The molecular formula is C24H27Cl2NO8. The minimum Gasteiger partial charge on any atom is -0.477 e. The first-order valence-corrected chi connectivity index (χ1v) is 12.9. The van der Waals surface area contributed by atoms with E-state index < -0.39 is 35.4 Å². The maximum Gasteiger partial charge on any atom is 0.513 e. The number of aliphatic hydroxyl groups is 1. The molecule has 0 aromatic heterocycles. The number of carbonyl (C=O) groups is 3. The van der Waals surface area contributed by atoms with Crippen LogP contribution in [0, 0.1) is 0 Å². The molecule has 1 aromatic carbocycles. The number of nitrogens with zero attached hydrogens (tertiary/aromatic N) is 1. The second kappa shape index (κ2) is 9.33. The predicted octanol–water partition coefficient (Wildman–Crippen LogP) is 3.32. The number of Topliss-reactive ketones (excluding diaryl/α,β-unsaturated/α-hetero) is 1. The maximum atomic E-state index is 13.1. The lowest BCUT2D eigenvalue weighted by molar-refractivity contribution is -0.183. The van der Waals surface area contributed by atoms with Crippen LogP contribution in [-0.2, 0) is 26.1 Å². The van der Waals surface area contributed by atoms with Gasteiger partial charge in [-0.2, -0.15) is 0 Å². The lowest BCUT2D eigenvalue weighted by Crippen LogP contribution is -2.77. The van der Waals surface area contributed by atoms with E-state index in [1.807, 2.05) is 0 Å². The molecule has 5 rings (SSSR count). The van der Waals surface area contributed by atoms with Gasteiger partial charge in [-0.1, -0.05) is 6.07 Å². The van der Waals surface area contributed by atoms with Crippen LogP contribution in [0.15, 0.2) is 12.1 Å². The van der Waals surface area contributed by atoms with E-state index in [4.69, 9.17) is 42.1 Å². The van der Waals surface area contributed by atoms with Crippen molar-refractivity contribution in [1.29, 1.82) is 0 Å². The molecule has 35 heavy (non-hydrogen) atoms. The van der Waals surface area contributed by atoms with Gasteiger partial charge in [0.1, 0.15) is 0 Å². The van der Waals surface area contributed by atoms with Gasteiger partial charge in [-0.15, -0.1) is 23.2 Å². The fourth-order valence-corrected chi connectivity index (χ4v) is 6.46. The van der Waals surface area contributed by atoms with Crippen LogP contribution in [-0.4, -0.2) is 77.3 Å². The van der Waals surface area contributed by atoms with E-state index in [0.717, 1.165) is 5.56 Å². The Balaban J connectivity index is 1.51. The van der Waals surface area contributed by atoms with Crippen molar-refractivity contribution in [1.82, 2.24) is 4.90 Å². The zero-order chi connectivity index (χ0) is 24.8. The molecule has 190 valence electrons. The monoisotopic (exact) mass is 527 g/mol. The average molecular weight is 528 g/mol. The minimum atomic E-state index is -1.40. The Bertz CT molecular complexity index is 1050. The second-order valence-corrected chi connectivity index (χ2v) is 10.1. The summed E-state index contributed by atoms with van der Waals surface area (Å²) >= 11 is 11.3. The summed E-state index contributed by atoms with van der Waals surface area (Å²) in [5.74, 6) is 1.04. The molecule has 9 nitrogen and oxygen atoms in total. The third-order valence-electron chi connectivity index (χ3n) is 7.67. The first-order chi connectivity index (χ1) is 16.9. The van der Waals surface area contributed by atoms with Crippen LogP contribution < -0.4 is 9.47 Å². The number of hydrogen-bond donors (Lipinski definition) is 1. The summed E-state index contributed by atoms with van der Waals surface area (Å²) < 4.78 is 22.0. The zero-order valence-electron chi connectivity index (χ0n) is 19.1. The van der Waals surface area contributed by atoms with Gasteiger partial charge in [-0.05, 0) is 43.7 Å². The molecular weight excluding hydrogens is 501 g/mol. The van der Waals surface area contributed by atoms with E-state index in [1.165, 1.54) is 0 Å². The van der Waals surface area contributed by atoms with Crippen LogP contribution in [0.1, 0.15) is 43.2 Å². The highest BCUT2D eigenvalue weighted by Gasteiger charge is 2.73. The summed E-state index contributed by atoms with van der Waals surface area (Å²) in [6.45, 7) is 0.610. The van der Waals surface area contributed by atoms with Crippen molar-refractivity contribution in [2.75, 3.05) is 31.5 Å². The Labute approximate surface area is 212 Å². The first kappa shape index (κ1) is 24.5. The zero-order valence-corrected chi connectivity index (χ0v) is 20.6. The minimum absolute atomic E-state index is 0.118. The molecule has 4 aliphatic rings. The van der Waals surface area contributed by atoms with Gasteiger partial charge in [-0.25, -0.2) is 9.59 Å². The number of amides is 1. The molecule has 1 amide bonds. The van der Waals surface area contributed by atoms with Gasteiger partial charge in [-0.3, -0.25) is 4.79 Å². The molecule has 1 N–H and O–H groups in total. The fraction of sp³-hybridized carbons (Fsp3) is 0.625. The number of alkyl halides is 2. The van der Waals surface area contributed by atoms with Gasteiger partial charge in [0.05, 0.1) is 30.3 Å². The van der Waals surface area contributed by atoms with Crippen LogP contribution in [0.2, 0.25) is 0 Å². The lowest BCUT2D eigenvalue weighted by Gasteiger charge is -2.61. The largest absolute Gasteiger partial charge is 0.513 e. The molecule has 1 saturated carbocycles. The molecule has 2 aliphatic heterocycles. The Morgan fingerprint density at radius 3 is 2.63 bits per heavy atom. The highest BCUT2D eigenvalue weighted by molar-refractivity contribution is 6.18. The Morgan fingerprint density at radius 1 is 1.14 bits per heavy atom. The van der Waals surface area contributed by atoms with Crippen LogP contribution in [0.3, 0.4) is 0 Å². The fourth-order valence-electron chi connectivity index (χ4n) is 6.24. The molecule has 2 heterocycles. The number of hydrogen-bond acceptors (Lipinski definition) is 8. The highest BCUT2D eigenvalue weighted by Crippen LogP contribution is 2.64. The molecule has 1 aromatic rings. The highest BCUT2D eigenvalue weighted by atomic mass is 35.5. The van der Waals surface area contributed by atoms with E-state index in [1.54, 1.807) is 17.0 Å². The molecule has 2 aliphatic carbocycles. The SMILES string of the molecule is O=C(OCCCCl)Oc1ccc2c3c1O[C@H]1C(=O)CCC4(O)[C@@H](C2)N(C(=O)OCCCCl)CCC314. The summed E-state index contributed by atoms with van der Waals surface area (Å²) in [5, 5.41) is 12.2. The van der Waals surface area contributed by atoms with Crippen molar-refractivity contribution in [3.8, 4) is 11.5 Å². The van der Waals surface area contributed by atoms with Crippen molar-refractivity contribution in [2.24, 2.45) is 0 Å². The van der Waals surface area contributed by atoms with E-state index in [0.29, 0.717) is 49.6 Å². The summed E-state index contributed by atoms with van der Waals surface area (Å²) in [6, 6.07) is 2.81. The summed E-state index contributed by atoms with van der Waals surface area (Å²) in [5.41, 5.74) is -0.902. The molecule has 2 unspecified atom stereocenters. The van der Waals surface area contributed by atoms with Gasteiger partial charge < -0.3 is 29.0 Å². The Hall–Kier alpha value is -2.23. The third-order valence-corrected chi connectivity index (χ3v) is 8.21. The quantitative estimate of drug-likeness (QED) is 0.248. The number of benzene rings is 1. The molecule has 2 fully saturated rings. The average Bonchev–Trinajstić information content (AvgIpc) is 3.19. The smallest absolute Gasteiger partial charge is 0.477 e. The summed E-state index contributed by atoms with van der Waals surface area (Å²) in [7, 11) is 0. The number of piperidine rings is 1. The second-order valence-electron chi connectivity index (χ2n) is 9.35. The maximum absolute atomic E-state index is 13.1. The molecule has 11 heteroatoms. The molecule has 0 radical (unpaired) electrons. The Kier molecular flexibility index (Phi) is 6.52. The van der Waals surface area contributed by atoms with Gasteiger partial charge >= 0.3 is 12.2 Å². The molecule has 1 saturated heterocycles. The van der Waals surface area contributed by atoms with Gasteiger partial charge in [0.25, 0.3) is 0 Å². The van der Waals surface area contributed by atoms with Crippen molar-refractivity contribution in [2.45, 2.75) is 61.7 Å². The van der Waals surface area contributed by atoms with Crippen molar-refractivity contribution in [3.05, 3.63) is 23.3 Å². The summed E-state index contributed by atoms with van der Waals surface area (Å²) in [6.07, 6.45) is -0.312. The van der Waals surface area contributed by atoms with Gasteiger partial charge in [0.2, 0.25) is 0 Å². The van der Waals surface area contributed by atoms with Crippen LogP contribution in [0.25, 0.3) is 0 Å². The first-order valence-electron chi connectivity index (χ1n) is 11.9. The van der Waals surface area contributed by atoms with Crippen LogP contribution in [0.5, 0.6) is 11.5 Å². The number of ether oxygens (including phenoxy) is 4. The van der Waals surface area contributed by atoms with Crippen molar-refractivity contribution < 1.29 is 38.4 Å². The van der Waals surface area contributed by atoms with Crippen molar-refractivity contribution in [3.63, 3.8) is 0 Å².